The van der Waals surface area contributed by atoms with Gasteiger partial charge in [0.15, 0.2) is 10.3 Å². The number of pyridine rings is 1. The third-order valence-corrected chi connectivity index (χ3v) is 2.67. The van der Waals surface area contributed by atoms with Gasteiger partial charge in [-0.2, -0.15) is 0 Å². The van der Waals surface area contributed by atoms with Crippen molar-refractivity contribution >= 4 is 40.8 Å². The molecule has 2 rings (SSSR count). The predicted molar refractivity (Wildman–Crippen MR) is 71.2 cm³/mol. The van der Waals surface area contributed by atoms with E-state index in [-0.39, 0.29) is 21.6 Å². The van der Waals surface area contributed by atoms with Gasteiger partial charge in [0.1, 0.15) is 5.69 Å². The predicted octanol–water partition coefficient (Wildman–Crippen LogP) is 2.13. The van der Waals surface area contributed by atoms with Gasteiger partial charge in [0.05, 0.1) is 17.4 Å². The highest BCUT2D eigenvalue weighted by atomic mass is 35.5. The van der Waals surface area contributed by atoms with Crippen molar-refractivity contribution in [3.63, 3.8) is 0 Å². The quantitative estimate of drug-likeness (QED) is 0.899. The normalized spacial score (nSPS) is 10.1. The molecular weight excluding hydrogens is 307 g/mol. The fraction of sp³-hybridized carbons (Fsp3) is 0. The van der Waals surface area contributed by atoms with Crippen molar-refractivity contribution in [3.05, 3.63) is 46.0 Å². The fourth-order valence-corrected chi connectivity index (χ4v) is 1.63. The van der Waals surface area contributed by atoms with Crippen molar-refractivity contribution in [2.45, 2.75) is 0 Å². The highest BCUT2D eigenvalue weighted by Gasteiger charge is 2.14. The molecule has 7 nitrogen and oxygen atoms in total. The first-order valence-electron chi connectivity index (χ1n) is 5.17. The number of nitrogens with zero attached hydrogens (tertiary/aromatic N) is 3. The number of hydrogen-bond acceptors (Lipinski definition) is 5. The summed E-state index contributed by atoms with van der Waals surface area (Å²) in [4.78, 5) is 26.2. The van der Waals surface area contributed by atoms with Gasteiger partial charge in [-0.15, -0.1) is 10.2 Å². The molecule has 0 unspecified atom stereocenters. The minimum absolute atomic E-state index is 0.0268. The third kappa shape index (κ3) is 3.19. The third-order valence-electron chi connectivity index (χ3n) is 2.20. The zero-order chi connectivity index (χ0) is 14.7. The van der Waals surface area contributed by atoms with Gasteiger partial charge in [-0.1, -0.05) is 23.2 Å². The average Bonchev–Trinajstić information content (AvgIpc) is 2.42. The summed E-state index contributed by atoms with van der Waals surface area (Å²) in [5.41, 5.74) is 0.229. The van der Waals surface area contributed by atoms with Crippen LogP contribution in [0, 0.1) is 0 Å². The van der Waals surface area contributed by atoms with E-state index >= 15 is 0 Å². The number of carbonyl (C=O) groups excluding carboxylic acids is 1. The highest BCUT2D eigenvalue weighted by molar-refractivity contribution is 6.34. The second-order valence-electron chi connectivity index (χ2n) is 3.56. The Morgan fingerprint density at radius 1 is 1.20 bits per heavy atom. The number of carboxylic acids is 1. The van der Waals surface area contributed by atoms with Crippen molar-refractivity contribution in [2.24, 2.45) is 0 Å². The molecule has 2 N–H and O–H groups in total. The monoisotopic (exact) mass is 312 g/mol. The van der Waals surface area contributed by atoms with Crippen molar-refractivity contribution in [2.75, 3.05) is 5.32 Å². The van der Waals surface area contributed by atoms with Gasteiger partial charge in [-0.25, -0.2) is 9.78 Å². The van der Waals surface area contributed by atoms with E-state index in [1.54, 1.807) is 0 Å². The number of nitrogens with one attached hydrogen (secondary N) is 1. The first-order valence-corrected chi connectivity index (χ1v) is 5.92. The number of carbonyl (C=O) groups is 2. The number of amides is 1. The molecule has 2 aromatic rings. The molecule has 1 amide bonds. The summed E-state index contributed by atoms with van der Waals surface area (Å²) in [7, 11) is 0. The van der Waals surface area contributed by atoms with Crippen LogP contribution in [0.25, 0.3) is 0 Å². The van der Waals surface area contributed by atoms with E-state index in [9.17, 15) is 9.59 Å². The molecule has 9 heteroatoms. The molecule has 0 radical (unpaired) electrons. The van der Waals surface area contributed by atoms with Crippen molar-refractivity contribution in [3.8, 4) is 0 Å². The Bertz CT molecular complexity index is 676. The number of anilines is 1. The first kappa shape index (κ1) is 14.2. The lowest BCUT2D eigenvalue weighted by Crippen LogP contribution is -2.14. The maximum atomic E-state index is 11.9. The smallest absolute Gasteiger partial charge is 0.354 e. The zero-order valence-electron chi connectivity index (χ0n) is 9.67. The van der Waals surface area contributed by atoms with Gasteiger partial charge < -0.3 is 10.4 Å². The van der Waals surface area contributed by atoms with E-state index in [1.807, 2.05) is 0 Å². The minimum Gasteiger partial charge on any atom is -0.477 e. The lowest BCUT2D eigenvalue weighted by Gasteiger charge is -2.06. The topological polar surface area (TPSA) is 105 Å². The molecular formula is C11H6Cl2N4O3. The Kier molecular flexibility index (Phi) is 4.11. The Morgan fingerprint density at radius 2 is 1.95 bits per heavy atom. The number of aromatic carboxylic acids is 1. The zero-order valence-corrected chi connectivity index (χ0v) is 11.2. The number of rotatable bonds is 3. The van der Waals surface area contributed by atoms with Crippen LogP contribution in [0.3, 0.4) is 0 Å². The van der Waals surface area contributed by atoms with E-state index in [0.717, 1.165) is 0 Å². The van der Waals surface area contributed by atoms with Crippen LogP contribution in [0.2, 0.25) is 10.3 Å². The molecule has 2 heterocycles. The van der Waals surface area contributed by atoms with Gasteiger partial charge in [0.25, 0.3) is 5.91 Å². The van der Waals surface area contributed by atoms with Gasteiger partial charge in [0.2, 0.25) is 0 Å². The molecule has 0 aliphatic heterocycles. The molecule has 2 aromatic heterocycles. The first-order chi connectivity index (χ1) is 9.47. The molecule has 0 saturated carbocycles. The molecule has 0 fully saturated rings. The van der Waals surface area contributed by atoms with E-state index in [2.05, 4.69) is 20.5 Å². The van der Waals surface area contributed by atoms with Crippen LogP contribution >= 0.6 is 23.2 Å². The maximum Gasteiger partial charge on any atom is 0.354 e. The molecule has 0 spiro atoms. The second kappa shape index (κ2) is 5.81. The maximum absolute atomic E-state index is 11.9. The summed E-state index contributed by atoms with van der Waals surface area (Å²) >= 11 is 11.4. The second-order valence-corrected chi connectivity index (χ2v) is 4.31. The van der Waals surface area contributed by atoms with Crippen molar-refractivity contribution in [1.82, 2.24) is 15.2 Å². The number of carboxylic acid groups (broad SMARTS) is 1. The molecule has 102 valence electrons. The molecule has 0 aliphatic rings. The standard InChI is InChI=1S/C11H6Cl2N4O3/c12-8-3-6(9(13)17-16-8)10(18)15-5-1-2-7(11(19)20)14-4-5/h1-4H,(H,15,18)(H,19,20). The summed E-state index contributed by atoms with van der Waals surface area (Å²) in [6.45, 7) is 0. The molecule has 0 bridgehead atoms. The summed E-state index contributed by atoms with van der Waals surface area (Å²) in [6, 6.07) is 3.93. The lowest BCUT2D eigenvalue weighted by molar-refractivity contribution is 0.0690. The van der Waals surface area contributed by atoms with Gasteiger partial charge >= 0.3 is 5.97 Å². The summed E-state index contributed by atoms with van der Waals surface area (Å²) in [6.07, 6.45) is 1.21. The largest absolute Gasteiger partial charge is 0.477 e. The van der Waals surface area contributed by atoms with E-state index in [1.165, 1.54) is 24.4 Å². The van der Waals surface area contributed by atoms with Crippen LogP contribution in [0.4, 0.5) is 5.69 Å². The van der Waals surface area contributed by atoms with E-state index in [0.29, 0.717) is 5.69 Å². The number of hydrogen-bond donors (Lipinski definition) is 2. The van der Waals surface area contributed by atoms with Crippen LogP contribution in [-0.4, -0.2) is 32.2 Å². The summed E-state index contributed by atoms with van der Waals surface area (Å²) in [5, 5.41) is 18.1. The van der Waals surface area contributed by atoms with Crippen molar-refractivity contribution in [1.29, 1.82) is 0 Å². The van der Waals surface area contributed by atoms with Crippen LogP contribution in [0.5, 0.6) is 0 Å². The Morgan fingerprint density at radius 3 is 2.55 bits per heavy atom. The Hall–Kier alpha value is -2.25. The van der Waals surface area contributed by atoms with Crippen LogP contribution in [-0.2, 0) is 0 Å². The Balaban J connectivity index is 2.19. The lowest BCUT2D eigenvalue weighted by atomic mass is 10.2. The van der Waals surface area contributed by atoms with Crippen LogP contribution in [0.15, 0.2) is 24.4 Å². The van der Waals surface area contributed by atoms with E-state index in [4.69, 9.17) is 28.3 Å². The molecule has 0 aromatic carbocycles. The minimum atomic E-state index is -1.16. The van der Waals surface area contributed by atoms with Crippen LogP contribution < -0.4 is 5.32 Å². The van der Waals surface area contributed by atoms with Gasteiger partial charge in [-0.05, 0) is 18.2 Å². The summed E-state index contributed by atoms with van der Waals surface area (Å²) < 4.78 is 0. The number of aromatic nitrogens is 3. The van der Waals surface area contributed by atoms with Gasteiger partial charge in [-0.3, -0.25) is 4.79 Å². The van der Waals surface area contributed by atoms with Crippen molar-refractivity contribution < 1.29 is 14.7 Å². The van der Waals surface area contributed by atoms with Crippen LogP contribution in [0.1, 0.15) is 20.8 Å². The molecule has 20 heavy (non-hydrogen) atoms. The molecule has 0 atom stereocenters. The molecule has 0 aliphatic carbocycles. The Labute approximate surface area is 122 Å². The fourth-order valence-electron chi connectivity index (χ4n) is 1.31. The van der Waals surface area contributed by atoms with Gasteiger partial charge in [0, 0.05) is 0 Å². The number of halogens is 2. The molecule has 0 saturated heterocycles. The average molecular weight is 313 g/mol. The SMILES string of the molecule is O=C(O)c1ccc(NC(=O)c2cc(Cl)nnc2Cl)cn1. The van der Waals surface area contributed by atoms with E-state index < -0.39 is 11.9 Å². The summed E-state index contributed by atoms with van der Waals surface area (Å²) in [5.74, 6) is -1.72. The highest BCUT2D eigenvalue weighted by Crippen LogP contribution is 2.17.